The highest BCUT2D eigenvalue weighted by molar-refractivity contribution is 5.96. The molecule has 1 aromatic rings. The number of rotatable bonds is 5. The fourth-order valence-electron chi connectivity index (χ4n) is 3.58. The summed E-state index contributed by atoms with van der Waals surface area (Å²) in [7, 11) is 0. The van der Waals surface area contributed by atoms with Gasteiger partial charge in [0.1, 0.15) is 17.3 Å². The van der Waals surface area contributed by atoms with Crippen LogP contribution in [0.5, 0.6) is 0 Å². The average Bonchev–Trinajstić information content (AvgIpc) is 2.54. The zero-order chi connectivity index (χ0) is 17.2. The molecule has 0 radical (unpaired) electrons. The van der Waals surface area contributed by atoms with Gasteiger partial charge in [-0.2, -0.15) is 0 Å². The number of aliphatic hydroxyl groups is 1. The first-order valence-corrected chi connectivity index (χ1v) is 9.11. The van der Waals surface area contributed by atoms with Crippen LogP contribution in [0.25, 0.3) is 0 Å². The minimum atomic E-state index is -0.661. The van der Waals surface area contributed by atoms with Gasteiger partial charge in [0.2, 0.25) is 0 Å². The number of anilines is 1. The molecule has 0 bridgehead atoms. The molecule has 132 valence electrons. The van der Waals surface area contributed by atoms with E-state index in [-0.39, 0.29) is 5.91 Å². The van der Waals surface area contributed by atoms with Gasteiger partial charge < -0.3 is 15.7 Å². The number of hydrogen-bond donors (Lipinski definition) is 3. The van der Waals surface area contributed by atoms with Gasteiger partial charge in [-0.25, -0.2) is 9.97 Å². The maximum Gasteiger partial charge on any atom is 0.270 e. The Morgan fingerprint density at radius 2 is 2.00 bits per heavy atom. The molecule has 24 heavy (non-hydrogen) atoms. The van der Waals surface area contributed by atoms with Crippen molar-refractivity contribution in [3.05, 3.63) is 17.1 Å². The molecule has 0 saturated heterocycles. The lowest BCUT2D eigenvalue weighted by Crippen LogP contribution is -2.40. The van der Waals surface area contributed by atoms with Crippen LogP contribution in [-0.4, -0.2) is 39.7 Å². The molecular weight excluding hydrogens is 304 g/mol. The molecule has 1 aromatic heterocycles. The molecule has 1 amide bonds. The van der Waals surface area contributed by atoms with Crippen molar-refractivity contribution >= 4 is 11.7 Å². The fourth-order valence-corrected chi connectivity index (χ4v) is 3.58. The van der Waals surface area contributed by atoms with Crippen molar-refractivity contribution in [1.29, 1.82) is 0 Å². The van der Waals surface area contributed by atoms with E-state index in [0.717, 1.165) is 49.9 Å². The molecule has 1 aliphatic carbocycles. The minimum absolute atomic E-state index is 0.122. The summed E-state index contributed by atoms with van der Waals surface area (Å²) in [6.07, 6.45) is 6.45. The standard InChI is InChI=1S/C18H28N4O2/c1-12(2)10-14-21-15-13(6-9-19-17(15)23)16(22-14)20-11-18(24)7-4-3-5-8-18/h12,24H,3-11H2,1-2H3,(H,19,23)(H,20,21,22). The van der Waals surface area contributed by atoms with E-state index in [0.29, 0.717) is 30.5 Å². The number of nitrogens with one attached hydrogen (secondary N) is 2. The van der Waals surface area contributed by atoms with Crippen molar-refractivity contribution < 1.29 is 9.90 Å². The highest BCUT2D eigenvalue weighted by Gasteiger charge is 2.30. The maximum absolute atomic E-state index is 12.2. The molecule has 2 heterocycles. The van der Waals surface area contributed by atoms with Crippen LogP contribution in [0.1, 0.15) is 67.8 Å². The van der Waals surface area contributed by atoms with Crippen molar-refractivity contribution in [1.82, 2.24) is 15.3 Å². The highest BCUT2D eigenvalue weighted by atomic mass is 16.3. The number of hydrogen-bond acceptors (Lipinski definition) is 5. The monoisotopic (exact) mass is 332 g/mol. The molecule has 0 unspecified atom stereocenters. The van der Waals surface area contributed by atoms with Gasteiger partial charge in [0, 0.05) is 25.1 Å². The van der Waals surface area contributed by atoms with E-state index in [9.17, 15) is 9.90 Å². The largest absolute Gasteiger partial charge is 0.388 e. The molecule has 0 aromatic carbocycles. The second kappa shape index (κ2) is 7.05. The topological polar surface area (TPSA) is 87.1 Å². The van der Waals surface area contributed by atoms with Gasteiger partial charge in [-0.05, 0) is 25.2 Å². The van der Waals surface area contributed by atoms with Gasteiger partial charge in [0.05, 0.1) is 5.60 Å². The van der Waals surface area contributed by atoms with E-state index in [1.165, 1.54) is 6.42 Å². The third kappa shape index (κ3) is 3.86. The molecule has 6 heteroatoms. The Morgan fingerprint density at radius 1 is 1.25 bits per heavy atom. The van der Waals surface area contributed by atoms with Crippen LogP contribution < -0.4 is 10.6 Å². The van der Waals surface area contributed by atoms with Gasteiger partial charge in [0.25, 0.3) is 5.91 Å². The molecule has 1 aliphatic heterocycles. The lowest BCUT2D eigenvalue weighted by molar-refractivity contribution is 0.0166. The highest BCUT2D eigenvalue weighted by Crippen LogP contribution is 2.29. The molecule has 6 nitrogen and oxygen atoms in total. The summed E-state index contributed by atoms with van der Waals surface area (Å²) in [6, 6.07) is 0. The second-order valence-electron chi connectivity index (χ2n) is 7.56. The number of nitrogens with zero attached hydrogens (tertiary/aromatic N) is 2. The minimum Gasteiger partial charge on any atom is -0.388 e. The Hall–Kier alpha value is -1.69. The van der Waals surface area contributed by atoms with Crippen LogP contribution in [0.4, 0.5) is 5.82 Å². The first-order chi connectivity index (χ1) is 11.5. The van der Waals surface area contributed by atoms with Crippen LogP contribution in [0, 0.1) is 5.92 Å². The Labute approximate surface area is 143 Å². The summed E-state index contributed by atoms with van der Waals surface area (Å²) >= 11 is 0. The summed E-state index contributed by atoms with van der Waals surface area (Å²) in [5, 5.41) is 16.9. The Morgan fingerprint density at radius 3 is 2.71 bits per heavy atom. The van der Waals surface area contributed by atoms with E-state index in [2.05, 4.69) is 34.4 Å². The van der Waals surface area contributed by atoms with E-state index >= 15 is 0 Å². The molecule has 0 spiro atoms. The van der Waals surface area contributed by atoms with E-state index in [4.69, 9.17) is 0 Å². The van der Waals surface area contributed by atoms with Crippen molar-refractivity contribution in [2.45, 2.75) is 64.4 Å². The van der Waals surface area contributed by atoms with Crippen molar-refractivity contribution in [3.8, 4) is 0 Å². The molecule has 1 saturated carbocycles. The van der Waals surface area contributed by atoms with Gasteiger partial charge in [0.15, 0.2) is 0 Å². The number of carbonyl (C=O) groups excluding carboxylic acids is 1. The van der Waals surface area contributed by atoms with E-state index in [1.807, 2.05) is 0 Å². The average molecular weight is 332 g/mol. The number of carbonyl (C=O) groups is 1. The van der Waals surface area contributed by atoms with Gasteiger partial charge in [-0.15, -0.1) is 0 Å². The first-order valence-electron chi connectivity index (χ1n) is 9.11. The quantitative estimate of drug-likeness (QED) is 0.768. The van der Waals surface area contributed by atoms with Crippen molar-refractivity contribution in [3.63, 3.8) is 0 Å². The zero-order valence-corrected chi connectivity index (χ0v) is 14.7. The molecule has 3 rings (SSSR count). The maximum atomic E-state index is 12.2. The fraction of sp³-hybridized carbons (Fsp3) is 0.722. The first kappa shape index (κ1) is 17.1. The van der Waals surface area contributed by atoms with E-state index in [1.54, 1.807) is 0 Å². The normalized spacial score (nSPS) is 19.8. The Bertz CT molecular complexity index is 609. The molecular formula is C18H28N4O2. The third-order valence-electron chi connectivity index (χ3n) is 4.89. The lowest BCUT2D eigenvalue weighted by atomic mass is 9.85. The number of amides is 1. The summed E-state index contributed by atoms with van der Waals surface area (Å²) < 4.78 is 0. The van der Waals surface area contributed by atoms with Crippen LogP contribution >= 0.6 is 0 Å². The summed E-state index contributed by atoms with van der Waals surface area (Å²) in [4.78, 5) is 21.3. The SMILES string of the molecule is CC(C)Cc1nc(NCC2(O)CCCCC2)c2c(n1)C(=O)NCC2. The van der Waals surface area contributed by atoms with Crippen molar-refractivity contribution in [2.24, 2.45) is 5.92 Å². The van der Waals surface area contributed by atoms with E-state index < -0.39 is 5.60 Å². The predicted molar refractivity (Wildman–Crippen MR) is 93.1 cm³/mol. The van der Waals surface area contributed by atoms with Crippen LogP contribution in [0.3, 0.4) is 0 Å². The van der Waals surface area contributed by atoms with Gasteiger partial charge in [-0.1, -0.05) is 33.1 Å². The number of aromatic nitrogens is 2. The predicted octanol–water partition coefficient (Wildman–Crippen LogP) is 2.07. The molecule has 2 aliphatic rings. The molecule has 0 atom stereocenters. The smallest absolute Gasteiger partial charge is 0.270 e. The van der Waals surface area contributed by atoms with Gasteiger partial charge in [-0.3, -0.25) is 4.79 Å². The Kier molecular flexibility index (Phi) is 5.04. The van der Waals surface area contributed by atoms with Crippen LogP contribution in [-0.2, 0) is 12.8 Å². The Balaban J connectivity index is 1.84. The van der Waals surface area contributed by atoms with Crippen LogP contribution in [0.2, 0.25) is 0 Å². The second-order valence-corrected chi connectivity index (χ2v) is 7.56. The third-order valence-corrected chi connectivity index (χ3v) is 4.89. The van der Waals surface area contributed by atoms with Crippen molar-refractivity contribution in [2.75, 3.05) is 18.4 Å². The molecule has 3 N–H and O–H groups in total. The summed E-state index contributed by atoms with van der Waals surface area (Å²) in [5.74, 6) is 1.72. The molecule has 1 fully saturated rings. The summed E-state index contributed by atoms with van der Waals surface area (Å²) in [6.45, 7) is 5.32. The summed E-state index contributed by atoms with van der Waals surface area (Å²) in [5.41, 5.74) is 0.710. The van der Waals surface area contributed by atoms with Gasteiger partial charge >= 0.3 is 0 Å². The zero-order valence-electron chi connectivity index (χ0n) is 14.7. The van der Waals surface area contributed by atoms with Crippen LogP contribution in [0.15, 0.2) is 0 Å². The number of fused-ring (bicyclic) bond motifs is 1. The lowest BCUT2D eigenvalue weighted by Gasteiger charge is -2.33.